The summed E-state index contributed by atoms with van der Waals surface area (Å²) in [6.45, 7) is 1.80. The summed E-state index contributed by atoms with van der Waals surface area (Å²) in [5.74, 6) is -0.320. The van der Waals surface area contributed by atoms with E-state index in [0.717, 1.165) is 52.4 Å². The zero-order chi connectivity index (χ0) is 29.7. The molecule has 0 bridgehead atoms. The number of ether oxygens (including phenoxy) is 1. The van der Waals surface area contributed by atoms with E-state index in [1.54, 1.807) is 30.3 Å². The number of anilines is 1. The number of amides is 2. The molecule has 42 heavy (non-hydrogen) atoms. The quantitative estimate of drug-likeness (QED) is 0.253. The van der Waals surface area contributed by atoms with Crippen LogP contribution in [0.4, 0.5) is 18.9 Å². The smallest absolute Gasteiger partial charge is 0.416 e. The van der Waals surface area contributed by atoms with Crippen molar-refractivity contribution in [2.24, 2.45) is 0 Å². The molecule has 1 fully saturated rings. The van der Waals surface area contributed by atoms with E-state index in [2.05, 4.69) is 20.7 Å². The zero-order valence-electron chi connectivity index (χ0n) is 22.8. The van der Waals surface area contributed by atoms with E-state index in [4.69, 9.17) is 4.74 Å². The molecular weight excluding hydrogens is 569 g/mol. The fourth-order valence-electron chi connectivity index (χ4n) is 4.96. The Balaban J connectivity index is 1.56. The molecule has 0 aliphatic heterocycles. The van der Waals surface area contributed by atoms with Gasteiger partial charge in [-0.3, -0.25) is 14.5 Å². The number of aromatic nitrogens is 4. The molecule has 220 valence electrons. The van der Waals surface area contributed by atoms with E-state index >= 15 is 0 Å². The number of halogens is 3. The predicted molar refractivity (Wildman–Crippen MR) is 151 cm³/mol. The lowest BCUT2D eigenvalue weighted by Gasteiger charge is -2.32. The molecule has 4 aromatic rings. The molecule has 2 aromatic heterocycles. The van der Waals surface area contributed by atoms with Crippen LogP contribution in [0.25, 0.3) is 10.7 Å². The monoisotopic (exact) mass is 598 g/mol. The lowest BCUT2D eigenvalue weighted by molar-refractivity contribution is -0.137. The Hall–Kier alpha value is -4.26. The van der Waals surface area contributed by atoms with Crippen LogP contribution >= 0.6 is 11.3 Å². The van der Waals surface area contributed by atoms with E-state index in [1.807, 2.05) is 18.4 Å². The molecule has 2 aromatic carbocycles. The highest BCUT2D eigenvalue weighted by atomic mass is 32.1. The summed E-state index contributed by atoms with van der Waals surface area (Å²) in [6, 6.07) is 13.2. The van der Waals surface area contributed by atoms with E-state index in [0.29, 0.717) is 23.7 Å². The number of nitrogens with one attached hydrogen (secondary N) is 1. The number of carbonyl (C=O) groups excluding carboxylic acids is 2. The largest absolute Gasteiger partial charge is 0.494 e. The molecule has 0 unspecified atom stereocenters. The summed E-state index contributed by atoms with van der Waals surface area (Å²) in [5, 5.41) is 17.1. The van der Waals surface area contributed by atoms with Gasteiger partial charge in [0.05, 0.1) is 17.0 Å². The van der Waals surface area contributed by atoms with Gasteiger partial charge < -0.3 is 10.1 Å². The van der Waals surface area contributed by atoms with Gasteiger partial charge in [-0.2, -0.15) is 18.0 Å². The number of hydrogen-bond donors (Lipinski definition) is 1. The first-order valence-electron chi connectivity index (χ1n) is 13.6. The molecule has 1 N–H and O–H groups in total. The Bertz CT molecular complexity index is 1500. The van der Waals surface area contributed by atoms with Gasteiger partial charge in [0, 0.05) is 11.7 Å². The van der Waals surface area contributed by atoms with Crippen molar-refractivity contribution < 1.29 is 27.5 Å². The Kier molecular flexibility index (Phi) is 8.86. The summed E-state index contributed by atoms with van der Waals surface area (Å²) in [7, 11) is 0. The first-order valence-corrected chi connectivity index (χ1v) is 14.4. The minimum atomic E-state index is -4.66. The van der Waals surface area contributed by atoms with Crippen LogP contribution in [0.2, 0.25) is 0 Å². The molecule has 1 aliphatic carbocycles. The first-order chi connectivity index (χ1) is 20.2. The molecule has 2 amide bonds. The maximum atomic E-state index is 14.0. The van der Waals surface area contributed by atoms with Crippen LogP contribution in [0.3, 0.4) is 0 Å². The second-order valence-corrected chi connectivity index (χ2v) is 10.8. The molecule has 2 heterocycles. The number of alkyl halides is 3. The molecule has 1 saturated carbocycles. The standard InChI is InChI=1S/C29H29F3N6O3S/c1-2-41-23-14-12-19(13-15-23)26(28(40)33-21-8-3-4-9-21)38(22-10-5-7-20(17-22)29(30,31)32)25(39)18-37-35-27(34-36-37)24-11-6-16-42-24/h5-7,10-17,21,26H,2-4,8-9,18H2,1H3,(H,33,40)/t26-/m0/s1. The number of rotatable bonds is 10. The normalized spacial score (nSPS) is 14.5. The molecule has 0 saturated heterocycles. The molecule has 1 atom stereocenters. The van der Waals surface area contributed by atoms with Gasteiger partial charge in [-0.1, -0.05) is 37.1 Å². The number of tetrazole rings is 1. The van der Waals surface area contributed by atoms with Crippen LogP contribution in [0.15, 0.2) is 66.0 Å². The van der Waals surface area contributed by atoms with Crippen molar-refractivity contribution in [3.63, 3.8) is 0 Å². The van der Waals surface area contributed by atoms with E-state index in [-0.39, 0.29) is 11.7 Å². The number of benzene rings is 2. The number of hydrogen-bond acceptors (Lipinski definition) is 7. The maximum absolute atomic E-state index is 14.0. The SMILES string of the molecule is CCOc1ccc([C@@H](C(=O)NC2CCCC2)N(C(=O)Cn2nnc(-c3cccs3)n2)c2cccc(C(F)(F)F)c2)cc1. The van der Waals surface area contributed by atoms with Crippen LogP contribution in [0, 0.1) is 0 Å². The second-order valence-electron chi connectivity index (χ2n) is 9.83. The van der Waals surface area contributed by atoms with E-state index in [9.17, 15) is 22.8 Å². The van der Waals surface area contributed by atoms with Gasteiger partial charge in [-0.25, -0.2) is 0 Å². The molecule has 13 heteroatoms. The molecule has 1 aliphatic rings. The predicted octanol–water partition coefficient (Wildman–Crippen LogP) is 5.65. The minimum absolute atomic E-state index is 0.0890. The zero-order valence-corrected chi connectivity index (χ0v) is 23.6. The summed E-state index contributed by atoms with van der Waals surface area (Å²) >= 11 is 1.40. The van der Waals surface area contributed by atoms with Gasteiger partial charge >= 0.3 is 6.18 Å². The third kappa shape index (κ3) is 6.78. The van der Waals surface area contributed by atoms with E-state index in [1.165, 1.54) is 23.5 Å². The Morgan fingerprint density at radius 1 is 1.12 bits per heavy atom. The summed E-state index contributed by atoms with van der Waals surface area (Å²) in [4.78, 5) is 30.8. The Labute approximate surface area is 244 Å². The second kappa shape index (κ2) is 12.7. The van der Waals surface area contributed by atoms with Crippen LogP contribution in [-0.2, 0) is 22.3 Å². The third-order valence-electron chi connectivity index (χ3n) is 6.91. The van der Waals surface area contributed by atoms with Crippen molar-refractivity contribution in [2.45, 2.75) is 57.4 Å². The van der Waals surface area contributed by atoms with Crippen LogP contribution in [-0.4, -0.2) is 44.7 Å². The van der Waals surface area contributed by atoms with Gasteiger partial charge in [0.1, 0.15) is 18.3 Å². The minimum Gasteiger partial charge on any atom is -0.494 e. The van der Waals surface area contributed by atoms with Gasteiger partial charge in [-0.05, 0) is 72.3 Å². The summed E-state index contributed by atoms with van der Waals surface area (Å²) in [6.07, 6.45) is -1.17. The lowest BCUT2D eigenvalue weighted by Crippen LogP contribution is -2.47. The number of carbonyl (C=O) groups is 2. The Morgan fingerprint density at radius 3 is 2.55 bits per heavy atom. The van der Waals surface area contributed by atoms with Crippen LogP contribution in [0.5, 0.6) is 5.75 Å². The molecular formula is C29H29F3N6O3S. The summed E-state index contributed by atoms with van der Waals surface area (Å²) in [5.41, 5.74) is -0.627. The summed E-state index contributed by atoms with van der Waals surface area (Å²) < 4.78 is 46.8. The molecule has 9 nitrogen and oxygen atoms in total. The van der Waals surface area contributed by atoms with Crippen molar-refractivity contribution in [1.82, 2.24) is 25.5 Å². The fraction of sp³-hybridized carbons (Fsp3) is 0.345. The highest BCUT2D eigenvalue weighted by Gasteiger charge is 2.37. The lowest BCUT2D eigenvalue weighted by atomic mass is 10.0. The third-order valence-corrected chi connectivity index (χ3v) is 7.77. The Morgan fingerprint density at radius 2 is 1.88 bits per heavy atom. The fourth-order valence-corrected chi connectivity index (χ4v) is 5.61. The number of thiophene rings is 1. The average Bonchev–Trinajstić information content (AvgIpc) is 3.75. The van der Waals surface area contributed by atoms with Gasteiger partial charge in [-0.15, -0.1) is 21.5 Å². The average molecular weight is 599 g/mol. The van der Waals surface area contributed by atoms with Crippen LogP contribution in [0.1, 0.15) is 49.8 Å². The van der Waals surface area contributed by atoms with Crippen molar-refractivity contribution in [3.8, 4) is 16.5 Å². The van der Waals surface area contributed by atoms with Gasteiger partial charge in [0.2, 0.25) is 11.7 Å². The van der Waals surface area contributed by atoms with Gasteiger partial charge in [0.25, 0.3) is 5.91 Å². The van der Waals surface area contributed by atoms with Crippen molar-refractivity contribution in [1.29, 1.82) is 0 Å². The topological polar surface area (TPSA) is 102 Å². The molecule has 0 radical (unpaired) electrons. The van der Waals surface area contributed by atoms with Crippen molar-refractivity contribution >= 4 is 28.8 Å². The first kappa shape index (κ1) is 29.2. The van der Waals surface area contributed by atoms with Crippen molar-refractivity contribution in [3.05, 3.63) is 77.2 Å². The van der Waals surface area contributed by atoms with Gasteiger partial charge in [0.15, 0.2) is 0 Å². The maximum Gasteiger partial charge on any atom is 0.416 e. The van der Waals surface area contributed by atoms with Crippen LogP contribution < -0.4 is 15.0 Å². The van der Waals surface area contributed by atoms with Crippen molar-refractivity contribution in [2.75, 3.05) is 11.5 Å². The number of nitrogens with zero attached hydrogens (tertiary/aromatic N) is 5. The highest BCUT2D eigenvalue weighted by Crippen LogP contribution is 2.35. The molecule has 0 spiro atoms. The molecule has 5 rings (SSSR count). The van der Waals surface area contributed by atoms with E-state index < -0.39 is 36.1 Å². The highest BCUT2D eigenvalue weighted by molar-refractivity contribution is 7.13.